The highest BCUT2D eigenvalue weighted by Crippen LogP contribution is 2.44. The van der Waals surface area contributed by atoms with Gasteiger partial charge in [-0.05, 0) is 43.9 Å². The molecule has 1 saturated carbocycles. The largest absolute Gasteiger partial charge is 0.522 e. The molecule has 1 rings (SSSR count). The minimum absolute atomic E-state index is 0.0767. The van der Waals surface area contributed by atoms with Gasteiger partial charge in [-0.25, -0.2) is 0 Å². The highest BCUT2D eigenvalue weighted by atomic mass is 19.4. The summed E-state index contributed by atoms with van der Waals surface area (Å²) in [5, 5.41) is 9.31. The summed E-state index contributed by atoms with van der Waals surface area (Å²) >= 11 is 0. The average Bonchev–Trinajstić information content (AvgIpc) is 2.27. The van der Waals surface area contributed by atoms with E-state index in [0.717, 1.165) is 12.8 Å². The summed E-state index contributed by atoms with van der Waals surface area (Å²) in [7, 11) is 0. The maximum Gasteiger partial charge on any atom is 0.522 e. The van der Waals surface area contributed by atoms with E-state index in [9.17, 15) is 23.1 Å². The van der Waals surface area contributed by atoms with Crippen LogP contribution in [0.15, 0.2) is 0 Å². The van der Waals surface area contributed by atoms with Gasteiger partial charge in [0.2, 0.25) is 0 Å². The number of aliphatic carboxylic acids is 1. The molecule has 0 aromatic carbocycles. The molecule has 6 heteroatoms. The second-order valence-corrected chi connectivity index (χ2v) is 5.71. The molecule has 0 spiro atoms. The van der Waals surface area contributed by atoms with Gasteiger partial charge in [0.1, 0.15) is 0 Å². The number of carboxylic acid groups (broad SMARTS) is 1. The number of rotatable bonds is 5. The quantitative estimate of drug-likeness (QED) is 0.833. The first-order chi connectivity index (χ1) is 8.66. The maximum atomic E-state index is 11.9. The minimum Gasteiger partial charge on any atom is -0.481 e. The summed E-state index contributed by atoms with van der Waals surface area (Å²) in [6.07, 6.45) is -2.37. The summed E-state index contributed by atoms with van der Waals surface area (Å²) in [5.74, 6) is -0.0466. The third-order valence-electron chi connectivity index (χ3n) is 4.23. The van der Waals surface area contributed by atoms with E-state index >= 15 is 0 Å². The highest BCUT2D eigenvalue weighted by molar-refractivity contribution is 5.74. The lowest BCUT2D eigenvalue weighted by atomic mass is 9.66. The summed E-state index contributed by atoms with van der Waals surface area (Å²) in [6.45, 7) is 3.60. The molecule has 112 valence electrons. The zero-order valence-electron chi connectivity index (χ0n) is 11.3. The van der Waals surface area contributed by atoms with Crippen molar-refractivity contribution in [2.45, 2.75) is 52.3 Å². The van der Waals surface area contributed by atoms with E-state index in [-0.39, 0.29) is 6.42 Å². The van der Waals surface area contributed by atoms with Crippen molar-refractivity contribution in [3.05, 3.63) is 0 Å². The molecular weight excluding hydrogens is 261 g/mol. The number of hydrogen-bond acceptors (Lipinski definition) is 2. The molecule has 1 aliphatic rings. The van der Waals surface area contributed by atoms with E-state index in [1.807, 2.05) is 0 Å². The van der Waals surface area contributed by atoms with Crippen LogP contribution in [0.1, 0.15) is 46.0 Å². The molecule has 0 atom stereocenters. The molecule has 0 amide bonds. The molecule has 0 aromatic heterocycles. The Morgan fingerprint density at radius 1 is 1.37 bits per heavy atom. The Bertz CT molecular complexity index is 305. The van der Waals surface area contributed by atoms with Gasteiger partial charge in [0, 0.05) is 0 Å². The Hall–Kier alpha value is -0.780. The monoisotopic (exact) mass is 282 g/mol. The molecule has 19 heavy (non-hydrogen) atoms. The van der Waals surface area contributed by atoms with Gasteiger partial charge in [-0.2, -0.15) is 0 Å². The molecule has 3 nitrogen and oxygen atoms in total. The summed E-state index contributed by atoms with van der Waals surface area (Å²) in [4.78, 5) is 11.4. The SMILES string of the molecule is CC(C)C1CCC(CCOC(F)(F)F)(C(=O)O)CC1. The first-order valence-electron chi connectivity index (χ1n) is 6.60. The van der Waals surface area contributed by atoms with Crippen molar-refractivity contribution in [3.63, 3.8) is 0 Å². The van der Waals surface area contributed by atoms with Crippen LogP contribution in [0.4, 0.5) is 13.2 Å². The number of carbonyl (C=O) groups is 1. The fraction of sp³-hybridized carbons (Fsp3) is 0.923. The Balaban J connectivity index is 2.56. The Morgan fingerprint density at radius 3 is 2.26 bits per heavy atom. The van der Waals surface area contributed by atoms with Crippen LogP contribution in [-0.4, -0.2) is 24.0 Å². The lowest BCUT2D eigenvalue weighted by Crippen LogP contribution is -2.38. The van der Waals surface area contributed by atoms with E-state index in [1.165, 1.54) is 0 Å². The smallest absolute Gasteiger partial charge is 0.481 e. The molecule has 1 aliphatic carbocycles. The third kappa shape index (κ3) is 4.67. The number of alkyl halides is 3. The molecular formula is C13H21F3O3. The van der Waals surface area contributed by atoms with Crippen molar-refractivity contribution in [2.24, 2.45) is 17.3 Å². The molecule has 0 aromatic rings. The molecule has 0 radical (unpaired) electrons. The van der Waals surface area contributed by atoms with Crippen LogP contribution in [0.5, 0.6) is 0 Å². The standard InChI is InChI=1S/C13H21F3O3/c1-9(2)10-3-5-12(6-4-10,11(17)18)7-8-19-13(14,15)16/h9-10H,3-8H2,1-2H3,(H,17,18). The predicted octanol–water partition coefficient (Wildman–Crippen LogP) is 3.83. The Morgan fingerprint density at radius 2 is 1.89 bits per heavy atom. The second kappa shape index (κ2) is 6.11. The molecule has 0 unspecified atom stereocenters. The van der Waals surface area contributed by atoms with Crippen LogP contribution in [0.25, 0.3) is 0 Å². The topological polar surface area (TPSA) is 46.5 Å². The zero-order chi connectivity index (χ0) is 14.7. The van der Waals surface area contributed by atoms with Gasteiger partial charge in [-0.3, -0.25) is 9.53 Å². The van der Waals surface area contributed by atoms with Crippen LogP contribution in [0.3, 0.4) is 0 Å². The lowest BCUT2D eigenvalue weighted by molar-refractivity contribution is -0.326. The normalized spacial score (nSPS) is 28.6. The van der Waals surface area contributed by atoms with Crippen LogP contribution >= 0.6 is 0 Å². The highest BCUT2D eigenvalue weighted by Gasteiger charge is 2.43. The first kappa shape index (κ1) is 16.3. The number of halogens is 3. The van der Waals surface area contributed by atoms with Crippen molar-refractivity contribution in [1.29, 1.82) is 0 Å². The van der Waals surface area contributed by atoms with Gasteiger partial charge >= 0.3 is 12.3 Å². The van der Waals surface area contributed by atoms with Crippen molar-refractivity contribution in [2.75, 3.05) is 6.61 Å². The first-order valence-corrected chi connectivity index (χ1v) is 6.60. The Labute approximate surface area is 111 Å². The number of ether oxygens (including phenoxy) is 1. The third-order valence-corrected chi connectivity index (χ3v) is 4.23. The molecule has 0 aliphatic heterocycles. The van der Waals surface area contributed by atoms with Crippen LogP contribution < -0.4 is 0 Å². The molecule has 0 heterocycles. The van der Waals surface area contributed by atoms with Gasteiger partial charge < -0.3 is 5.11 Å². The van der Waals surface area contributed by atoms with Crippen molar-refractivity contribution < 1.29 is 27.8 Å². The summed E-state index contributed by atoms with van der Waals surface area (Å²) in [5.41, 5.74) is -1.04. The zero-order valence-corrected chi connectivity index (χ0v) is 11.3. The van der Waals surface area contributed by atoms with Crippen LogP contribution in [-0.2, 0) is 9.53 Å². The van der Waals surface area contributed by atoms with E-state index in [4.69, 9.17) is 0 Å². The lowest BCUT2D eigenvalue weighted by Gasteiger charge is -2.38. The van der Waals surface area contributed by atoms with Crippen molar-refractivity contribution >= 4 is 5.97 Å². The molecule has 0 bridgehead atoms. The van der Waals surface area contributed by atoms with Gasteiger partial charge in [-0.15, -0.1) is 13.2 Å². The number of hydrogen-bond donors (Lipinski definition) is 1. The maximum absolute atomic E-state index is 11.9. The van der Waals surface area contributed by atoms with E-state index in [1.54, 1.807) is 0 Å². The summed E-state index contributed by atoms with van der Waals surface area (Å²) < 4.78 is 39.5. The average molecular weight is 282 g/mol. The van der Waals surface area contributed by atoms with Gasteiger partial charge in [-0.1, -0.05) is 13.8 Å². The van der Waals surface area contributed by atoms with E-state index in [2.05, 4.69) is 18.6 Å². The van der Waals surface area contributed by atoms with E-state index in [0.29, 0.717) is 24.7 Å². The fourth-order valence-electron chi connectivity index (χ4n) is 2.79. The molecule has 1 N–H and O–H groups in total. The van der Waals surface area contributed by atoms with Crippen molar-refractivity contribution in [3.8, 4) is 0 Å². The molecule has 1 fully saturated rings. The second-order valence-electron chi connectivity index (χ2n) is 5.71. The van der Waals surface area contributed by atoms with Crippen LogP contribution in [0.2, 0.25) is 0 Å². The van der Waals surface area contributed by atoms with E-state index < -0.39 is 24.4 Å². The van der Waals surface area contributed by atoms with Gasteiger partial charge in [0.25, 0.3) is 0 Å². The van der Waals surface area contributed by atoms with Crippen molar-refractivity contribution in [1.82, 2.24) is 0 Å². The predicted molar refractivity (Wildman–Crippen MR) is 63.5 cm³/mol. The van der Waals surface area contributed by atoms with Crippen LogP contribution in [0, 0.1) is 17.3 Å². The summed E-state index contributed by atoms with van der Waals surface area (Å²) in [6, 6.07) is 0. The minimum atomic E-state index is -4.69. The molecule has 0 saturated heterocycles. The van der Waals surface area contributed by atoms with Gasteiger partial charge in [0.05, 0.1) is 12.0 Å². The Kier molecular flexibility index (Phi) is 5.24. The van der Waals surface area contributed by atoms with Gasteiger partial charge in [0.15, 0.2) is 0 Å². The number of carboxylic acids is 1. The fourth-order valence-corrected chi connectivity index (χ4v) is 2.79.